The Hall–Kier alpha value is -4.07. The lowest BCUT2D eigenvalue weighted by molar-refractivity contribution is 0.103. The standard InChI is InChI=1S/C29H24ClN3O3S/c1-16-4-6-17(7-5-16)22-15-21(18-8-13-23(35-2)24(14-18)36-3)25-26(31)27(37-29(25)33-22)28(34)32-20-11-9-19(30)10-12-20/h4-15H,31H2,1-3H3,(H,32,34). The lowest BCUT2D eigenvalue weighted by Crippen LogP contribution is -2.11. The topological polar surface area (TPSA) is 86.5 Å². The van der Waals surface area contributed by atoms with Gasteiger partial charge in [0.1, 0.15) is 9.71 Å². The maximum atomic E-state index is 13.2. The molecule has 3 aromatic carbocycles. The first-order chi connectivity index (χ1) is 17.9. The Labute approximate surface area is 223 Å². The molecule has 0 aliphatic carbocycles. The predicted octanol–water partition coefficient (Wildman–Crippen LogP) is 7.44. The first-order valence-corrected chi connectivity index (χ1v) is 12.7. The van der Waals surface area contributed by atoms with Gasteiger partial charge in [0.05, 0.1) is 25.6 Å². The number of benzene rings is 3. The number of hydrogen-bond acceptors (Lipinski definition) is 6. The number of methoxy groups -OCH3 is 2. The van der Waals surface area contributed by atoms with Crippen molar-refractivity contribution in [3.63, 3.8) is 0 Å². The lowest BCUT2D eigenvalue weighted by atomic mass is 9.98. The first kappa shape index (κ1) is 24.6. The molecule has 3 N–H and O–H groups in total. The van der Waals surface area contributed by atoms with Gasteiger partial charge in [-0.2, -0.15) is 0 Å². The number of fused-ring (bicyclic) bond motifs is 1. The van der Waals surface area contributed by atoms with Crippen molar-refractivity contribution in [3.8, 4) is 33.9 Å². The molecule has 186 valence electrons. The summed E-state index contributed by atoms with van der Waals surface area (Å²) in [6.07, 6.45) is 0. The van der Waals surface area contributed by atoms with Crippen LogP contribution < -0.4 is 20.5 Å². The van der Waals surface area contributed by atoms with Crippen molar-refractivity contribution >= 4 is 50.4 Å². The molecular weight excluding hydrogens is 506 g/mol. The number of rotatable bonds is 6. The molecule has 0 radical (unpaired) electrons. The van der Waals surface area contributed by atoms with Crippen LogP contribution in [0.2, 0.25) is 5.02 Å². The van der Waals surface area contributed by atoms with E-state index in [0.717, 1.165) is 27.9 Å². The zero-order valence-corrected chi connectivity index (χ0v) is 22.0. The largest absolute Gasteiger partial charge is 0.493 e. The number of anilines is 2. The van der Waals surface area contributed by atoms with E-state index in [1.54, 1.807) is 38.5 Å². The van der Waals surface area contributed by atoms with Crippen molar-refractivity contribution in [2.75, 3.05) is 25.3 Å². The summed E-state index contributed by atoms with van der Waals surface area (Å²) in [4.78, 5) is 19.2. The molecule has 0 fully saturated rings. The molecule has 0 aliphatic rings. The van der Waals surface area contributed by atoms with Crippen LogP contribution >= 0.6 is 22.9 Å². The quantitative estimate of drug-likeness (QED) is 0.238. The van der Waals surface area contributed by atoms with Crippen LogP contribution in [0.3, 0.4) is 0 Å². The Morgan fingerprint density at radius 3 is 2.27 bits per heavy atom. The zero-order chi connectivity index (χ0) is 26.1. The number of pyridine rings is 1. The second kappa shape index (κ2) is 10.1. The van der Waals surface area contributed by atoms with Crippen LogP contribution in [0.5, 0.6) is 11.5 Å². The zero-order valence-electron chi connectivity index (χ0n) is 20.5. The highest BCUT2D eigenvalue weighted by atomic mass is 35.5. The number of aromatic nitrogens is 1. The molecule has 0 saturated carbocycles. The van der Waals surface area contributed by atoms with Crippen LogP contribution in [0.25, 0.3) is 32.6 Å². The molecule has 0 saturated heterocycles. The second-order valence-corrected chi connectivity index (χ2v) is 9.91. The van der Waals surface area contributed by atoms with Crippen LogP contribution in [0, 0.1) is 6.92 Å². The molecule has 8 heteroatoms. The van der Waals surface area contributed by atoms with Crippen molar-refractivity contribution in [1.29, 1.82) is 0 Å². The number of nitrogens with two attached hydrogens (primary N) is 1. The fraction of sp³-hybridized carbons (Fsp3) is 0.103. The van der Waals surface area contributed by atoms with Crippen LogP contribution in [-0.4, -0.2) is 25.1 Å². The third-order valence-corrected chi connectivity index (χ3v) is 7.40. The van der Waals surface area contributed by atoms with Gasteiger partial charge in [-0.05, 0) is 60.5 Å². The average molecular weight is 530 g/mol. The summed E-state index contributed by atoms with van der Waals surface area (Å²) in [5.74, 6) is 0.908. The number of amides is 1. The van der Waals surface area contributed by atoms with E-state index in [1.807, 2.05) is 55.5 Å². The molecule has 1 amide bonds. The lowest BCUT2D eigenvalue weighted by Gasteiger charge is -2.12. The highest BCUT2D eigenvalue weighted by Gasteiger charge is 2.22. The van der Waals surface area contributed by atoms with Gasteiger partial charge >= 0.3 is 0 Å². The first-order valence-electron chi connectivity index (χ1n) is 11.5. The Morgan fingerprint density at radius 2 is 1.59 bits per heavy atom. The van der Waals surface area contributed by atoms with Gasteiger partial charge in [-0.3, -0.25) is 4.79 Å². The number of aryl methyl sites for hydroxylation is 1. The van der Waals surface area contributed by atoms with E-state index in [2.05, 4.69) is 5.32 Å². The van der Waals surface area contributed by atoms with Crippen molar-refractivity contribution < 1.29 is 14.3 Å². The van der Waals surface area contributed by atoms with Gasteiger partial charge in [0.2, 0.25) is 0 Å². The fourth-order valence-electron chi connectivity index (χ4n) is 4.11. The van der Waals surface area contributed by atoms with Gasteiger partial charge in [-0.15, -0.1) is 11.3 Å². The third-order valence-electron chi connectivity index (χ3n) is 6.05. The number of thiophene rings is 1. The number of nitrogen functional groups attached to an aromatic ring is 1. The summed E-state index contributed by atoms with van der Waals surface area (Å²) in [7, 11) is 3.19. The van der Waals surface area contributed by atoms with Gasteiger partial charge < -0.3 is 20.5 Å². The second-order valence-electron chi connectivity index (χ2n) is 8.48. The summed E-state index contributed by atoms with van der Waals surface area (Å²) in [5.41, 5.74) is 12.2. The van der Waals surface area contributed by atoms with Gasteiger partial charge in [0, 0.05) is 21.7 Å². The summed E-state index contributed by atoms with van der Waals surface area (Å²) in [6, 6.07) is 22.8. The van der Waals surface area contributed by atoms with Crippen LogP contribution in [0.1, 0.15) is 15.2 Å². The Bertz CT molecular complexity index is 1610. The van der Waals surface area contributed by atoms with Crippen LogP contribution in [0.4, 0.5) is 11.4 Å². The number of carbonyl (C=O) groups excluding carboxylic acids is 1. The van der Waals surface area contributed by atoms with Crippen LogP contribution in [0.15, 0.2) is 72.8 Å². The monoisotopic (exact) mass is 529 g/mol. The smallest absolute Gasteiger partial charge is 0.267 e. The van der Waals surface area contributed by atoms with Gasteiger partial charge in [-0.1, -0.05) is 47.5 Å². The van der Waals surface area contributed by atoms with E-state index in [1.165, 1.54) is 11.3 Å². The average Bonchev–Trinajstić information content (AvgIpc) is 3.25. The molecule has 0 aliphatic heterocycles. The molecule has 5 rings (SSSR count). The highest BCUT2D eigenvalue weighted by Crippen LogP contribution is 2.43. The Kier molecular flexibility index (Phi) is 6.74. The van der Waals surface area contributed by atoms with Gasteiger partial charge in [0.15, 0.2) is 11.5 Å². The summed E-state index contributed by atoms with van der Waals surface area (Å²) in [5, 5.41) is 4.21. The SMILES string of the molecule is COc1ccc(-c2cc(-c3ccc(C)cc3)nc3sc(C(=O)Nc4ccc(Cl)cc4)c(N)c23)cc1OC. The fourth-order valence-corrected chi connectivity index (χ4v) is 5.26. The molecule has 2 aromatic heterocycles. The van der Waals surface area contributed by atoms with Gasteiger partial charge in [0.25, 0.3) is 5.91 Å². The minimum atomic E-state index is -0.307. The molecule has 2 heterocycles. The number of halogens is 1. The summed E-state index contributed by atoms with van der Waals surface area (Å²) >= 11 is 7.24. The molecule has 0 unspecified atom stereocenters. The van der Waals surface area contributed by atoms with E-state index < -0.39 is 0 Å². The number of nitrogens with zero attached hydrogens (tertiary/aromatic N) is 1. The Morgan fingerprint density at radius 1 is 0.919 bits per heavy atom. The van der Waals surface area contributed by atoms with Crippen molar-refractivity contribution in [2.45, 2.75) is 6.92 Å². The van der Waals surface area contributed by atoms with Crippen molar-refractivity contribution in [1.82, 2.24) is 4.98 Å². The molecular formula is C29H24ClN3O3S. The summed E-state index contributed by atoms with van der Waals surface area (Å²) in [6.45, 7) is 2.04. The number of nitrogens with one attached hydrogen (secondary N) is 1. The van der Waals surface area contributed by atoms with E-state index in [0.29, 0.717) is 43.0 Å². The number of ether oxygens (including phenoxy) is 2. The maximum absolute atomic E-state index is 13.2. The van der Waals surface area contributed by atoms with Crippen LogP contribution in [-0.2, 0) is 0 Å². The highest BCUT2D eigenvalue weighted by molar-refractivity contribution is 7.21. The molecule has 6 nitrogen and oxygen atoms in total. The minimum Gasteiger partial charge on any atom is -0.493 e. The molecule has 0 atom stereocenters. The predicted molar refractivity (Wildman–Crippen MR) is 152 cm³/mol. The molecule has 0 bridgehead atoms. The number of hydrogen-bond donors (Lipinski definition) is 2. The number of carbonyl (C=O) groups is 1. The van der Waals surface area contributed by atoms with Crippen molar-refractivity contribution in [3.05, 3.63) is 88.3 Å². The molecule has 0 spiro atoms. The van der Waals surface area contributed by atoms with E-state index in [4.69, 9.17) is 31.8 Å². The third kappa shape index (κ3) is 4.83. The summed E-state index contributed by atoms with van der Waals surface area (Å²) < 4.78 is 11.0. The van der Waals surface area contributed by atoms with Gasteiger partial charge in [-0.25, -0.2) is 4.98 Å². The minimum absolute atomic E-state index is 0.307. The van der Waals surface area contributed by atoms with E-state index >= 15 is 0 Å². The molecule has 37 heavy (non-hydrogen) atoms. The van der Waals surface area contributed by atoms with E-state index in [-0.39, 0.29) is 5.91 Å². The molecule has 5 aromatic rings. The Balaban J connectivity index is 1.68. The van der Waals surface area contributed by atoms with Crippen molar-refractivity contribution in [2.24, 2.45) is 0 Å². The normalized spacial score (nSPS) is 10.9. The van der Waals surface area contributed by atoms with E-state index in [9.17, 15) is 4.79 Å². The maximum Gasteiger partial charge on any atom is 0.267 e.